The topological polar surface area (TPSA) is 132 Å². The summed E-state index contributed by atoms with van der Waals surface area (Å²) in [7, 11) is 3.00. The Morgan fingerprint density at radius 1 is 0.962 bits per heavy atom. The lowest BCUT2D eigenvalue weighted by Gasteiger charge is -2.31. The van der Waals surface area contributed by atoms with Crippen molar-refractivity contribution in [3.05, 3.63) is 72.1 Å². The second kappa shape index (κ2) is 20.1. The van der Waals surface area contributed by atoms with E-state index in [2.05, 4.69) is 32.3 Å². The number of amides is 3. The van der Waals surface area contributed by atoms with E-state index in [-0.39, 0.29) is 41.9 Å². The molecule has 2 unspecified atom stereocenters. The third kappa shape index (κ3) is 11.2. The summed E-state index contributed by atoms with van der Waals surface area (Å²) in [5.74, 6) is 0.0473. The van der Waals surface area contributed by atoms with Crippen LogP contribution in [0.1, 0.15) is 84.7 Å². The Morgan fingerprint density at radius 3 is 2.12 bits per heavy atom. The van der Waals surface area contributed by atoms with Gasteiger partial charge in [-0.2, -0.15) is 4.39 Å². The molecule has 0 radical (unpaired) electrons. The van der Waals surface area contributed by atoms with Crippen molar-refractivity contribution in [1.29, 1.82) is 0 Å². The highest BCUT2D eigenvalue weighted by Gasteiger charge is 2.32. The Kier molecular flexibility index (Phi) is 16.0. The fourth-order valence-electron chi connectivity index (χ4n) is 5.96. The Hall–Kier alpha value is -5.00. The number of benzene rings is 2. The SMILES string of the molecule is C=N/C(=C(/F)NCCN(CCC)C(=O)CC(C)C)c1ccc(-c2ccc(-c3cnc(C(CCC)N(C)C(=O)C(NC(=O)OC)C(C)C)[nH]3)cc2)cc1. The molecule has 2 atom stereocenters. The Morgan fingerprint density at radius 2 is 1.58 bits per heavy atom. The minimum Gasteiger partial charge on any atom is -0.453 e. The van der Waals surface area contributed by atoms with Gasteiger partial charge in [-0.3, -0.25) is 14.6 Å². The van der Waals surface area contributed by atoms with E-state index < -0.39 is 18.1 Å². The summed E-state index contributed by atoms with van der Waals surface area (Å²) in [5, 5.41) is 5.44. The molecule has 3 rings (SSSR count). The molecule has 12 heteroatoms. The molecule has 52 heavy (non-hydrogen) atoms. The van der Waals surface area contributed by atoms with Gasteiger partial charge in [0.1, 0.15) is 17.6 Å². The van der Waals surface area contributed by atoms with Crippen LogP contribution in [0.15, 0.2) is 65.7 Å². The summed E-state index contributed by atoms with van der Waals surface area (Å²) < 4.78 is 20.0. The van der Waals surface area contributed by atoms with E-state index in [0.29, 0.717) is 37.3 Å². The highest BCUT2D eigenvalue weighted by atomic mass is 19.1. The second-order valence-electron chi connectivity index (χ2n) is 13.7. The maximum Gasteiger partial charge on any atom is 0.407 e. The highest BCUT2D eigenvalue weighted by Crippen LogP contribution is 2.29. The number of alkyl carbamates (subject to hydrolysis) is 1. The second-order valence-corrected chi connectivity index (χ2v) is 13.7. The molecule has 11 nitrogen and oxygen atoms in total. The van der Waals surface area contributed by atoms with Crippen molar-refractivity contribution in [2.24, 2.45) is 16.8 Å². The Labute approximate surface area is 308 Å². The maximum absolute atomic E-state index is 15.2. The molecule has 282 valence electrons. The van der Waals surface area contributed by atoms with Gasteiger partial charge in [0.25, 0.3) is 0 Å². The first kappa shape index (κ1) is 41.4. The molecular formula is C40H56FN7O4. The van der Waals surface area contributed by atoms with Crippen molar-refractivity contribution in [1.82, 2.24) is 30.4 Å². The number of aliphatic imine (C=N–C) groups is 1. The number of nitrogens with one attached hydrogen (secondary N) is 3. The zero-order chi connectivity index (χ0) is 38.4. The molecule has 0 saturated heterocycles. The predicted octanol–water partition coefficient (Wildman–Crippen LogP) is 7.59. The van der Waals surface area contributed by atoms with Gasteiger partial charge in [-0.1, -0.05) is 96.5 Å². The van der Waals surface area contributed by atoms with E-state index >= 15 is 4.39 Å². The molecule has 0 aliphatic carbocycles. The van der Waals surface area contributed by atoms with Crippen LogP contribution in [0.3, 0.4) is 0 Å². The van der Waals surface area contributed by atoms with Gasteiger partial charge in [0.05, 0.1) is 25.0 Å². The van der Waals surface area contributed by atoms with E-state index in [0.717, 1.165) is 35.2 Å². The van der Waals surface area contributed by atoms with Crippen LogP contribution in [0.4, 0.5) is 9.18 Å². The van der Waals surface area contributed by atoms with Gasteiger partial charge in [0.2, 0.25) is 17.8 Å². The zero-order valence-electron chi connectivity index (χ0n) is 32.0. The largest absolute Gasteiger partial charge is 0.453 e. The fraction of sp³-hybridized carbons (Fsp3) is 0.475. The summed E-state index contributed by atoms with van der Waals surface area (Å²) >= 11 is 0. The first-order valence-electron chi connectivity index (χ1n) is 18.1. The Balaban J connectivity index is 1.72. The number of carbonyl (C=O) groups is 3. The van der Waals surface area contributed by atoms with Crippen LogP contribution in [-0.2, 0) is 14.3 Å². The van der Waals surface area contributed by atoms with Crippen LogP contribution in [0.25, 0.3) is 28.1 Å². The average Bonchev–Trinajstić information content (AvgIpc) is 3.62. The quantitative estimate of drug-likeness (QED) is 0.0865. The third-order valence-electron chi connectivity index (χ3n) is 8.82. The number of nitrogens with zero attached hydrogens (tertiary/aromatic N) is 4. The third-order valence-corrected chi connectivity index (χ3v) is 8.82. The van der Waals surface area contributed by atoms with Crippen LogP contribution in [-0.4, -0.2) is 84.2 Å². The van der Waals surface area contributed by atoms with Gasteiger partial charge in [-0.25, -0.2) is 9.78 Å². The van der Waals surface area contributed by atoms with Crippen molar-refractivity contribution in [3.63, 3.8) is 0 Å². The first-order valence-corrected chi connectivity index (χ1v) is 18.1. The molecule has 3 N–H and O–H groups in total. The molecule has 1 heterocycles. The lowest BCUT2D eigenvalue weighted by molar-refractivity contribution is -0.135. The molecule has 0 bridgehead atoms. The van der Waals surface area contributed by atoms with Gasteiger partial charge in [-0.05, 0) is 48.1 Å². The van der Waals surface area contributed by atoms with Crippen LogP contribution >= 0.6 is 0 Å². The van der Waals surface area contributed by atoms with E-state index in [1.807, 2.05) is 77.9 Å². The normalized spacial score (nSPS) is 12.9. The van der Waals surface area contributed by atoms with Gasteiger partial charge in [0.15, 0.2) is 0 Å². The van der Waals surface area contributed by atoms with Crippen LogP contribution in [0, 0.1) is 11.8 Å². The number of hydrogen-bond donors (Lipinski definition) is 3. The number of likely N-dealkylation sites (N-methyl/N-ethyl adjacent to an activating group) is 1. The molecule has 3 aromatic rings. The minimum atomic E-state index is -0.738. The Bertz CT molecular complexity index is 1650. The van der Waals surface area contributed by atoms with E-state index in [1.165, 1.54) is 7.11 Å². The number of halogens is 1. The number of methoxy groups -OCH3 is 1. The average molecular weight is 718 g/mol. The molecule has 0 aliphatic heterocycles. The van der Waals surface area contributed by atoms with Gasteiger partial charge in [-0.15, -0.1) is 0 Å². The number of hydrogen-bond acceptors (Lipinski definition) is 7. The number of aromatic amines is 1. The summed E-state index contributed by atoms with van der Waals surface area (Å²) in [4.78, 5) is 53.4. The molecule has 0 spiro atoms. The number of H-pyrrole nitrogens is 1. The van der Waals surface area contributed by atoms with Crippen molar-refractivity contribution in [3.8, 4) is 22.4 Å². The number of imidazole rings is 1. The van der Waals surface area contributed by atoms with Gasteiger partial charge in [0, 0.05) is 38.7 Å². The van der Waals surface area contributed by atoms with E-state index in [1.54, 1.807) is 35.2 Å². The monoisotopic (exact) mass is 717 g/mol. The van der Waals surface area contributed by atoms with Gasteiger partial charge >= 0.3 is 6.09 Å². The predicted molar refractivity (Wildman–Crippen MR) is 206 cm³/mol. The molecule has 0 fully saturated rings. The summed E-state index contributed by atoms with van der Waals surface area (Å²) in [5.41, 5.74) is 4.34. The van der Waals surface area contributed by atoms with Crippen molar-refractivity contribution >= 4 is 30.3 Å². The molecule has 0 saturated carbocycles. The van der Waals surface area contributed by atoms with Gasteiger partial charge < -0.3 is 30.2 Å². The molecule has 1 aromatic heterocycles. The summed E-state index contributed by atoms with van der Waals surface area (Å²) in [6.45, 7) is 16.7. The number of carbonyl (C=O) groups excluding carboxylic acids is 3. The summed E-state index contributed by atoms with van der Waals surface area (Å²) in [6, 6.07) is 14.4. The first-order chi connectivity index (χ1) is 24.8. The zero-order valence-corrected chi connectivity index (χ0v) is 32.0. The van der Waals surface area contributed by atoms with Crippen LogP contribution in [0.5, 0.6) is 0 Å². The van der Waals surface area contributed by atoms with Crippen molar-refractivity contribution in [2.75, 3.05) is 33.8 Å². The van der Waals surface area contributed by atoms with Crippen molar-refractivity contribution in [2.45, 2.75) is 79.3 Å². The number of aromatic nitrogens is 2. The van der Waals surface area contributed by atoms with Crippen LogP contribution in [0.2, 0.25) is 0 Å². The standard InChI is InChI=1S/C40H56FN7O4/c1-10-12-33(47(8)39(50)35(27(5)6)46-40(51)52-9)38-44-25-32(45-38)30-17-13-28(14-18-30)29-15-19-31(20-16-29)36(42-7)37(41)43-21-23-48(22-11-2)34(49)24-26(3)4/h13-20,25-27,33,35,43H,7,10-12,21-24H2,1-6,8-9H3,(H,44,45)(H,46,51)/b37-36-. The molecule has 2 aromatic carbocycles. The number of ether oxygens (including phenoxy) is 1. The maximum atomic E-state index is 15.2. The lowest BCUT2D eigenvalue weighted by Crippen LogP contribution is -2.51. The minimum absolute atomic E-state index is 0.0763. The lowest BCUT2D eigenvalue weighted by atomic mass is 10.0. The van der Waals surface area contributed by atoms with E-state index in [9.17, 15) is 14.4 Å². The molecule has 3 amide bonds. The van der Waals surface area contributed by atoms with Crippen LogP contribution < -0.4 is 10.6 Å². The number of rotatable bonds is 19. The summed E-state index contributed by atoms with van der Waals surface area (Å²) in [6.07, 6.45) is 3.92. The van der Waals surface area contributed by atoms with Crippen molar-refractivity contribution < 1.29 is 23.5 Å². The highest BCUT2D eigenvalue weighted by molar-refractivity contribution is 5.86. The smallest absolute Gasteiger partial charge is 0.407 e. The fourth-order valence-corrected chi connectivity index (χ4v) is 5.96. The molecule has 0 aliphatic rings. The molecular weight excluding hydrogens is 661 g/mol. The van der Waals surface area contributed by atoms with E-state index in [4.69, 9.17) is 4.74 Å².